The van der Waals surface area contributed by atoms with Gasteiger partial charge in [0.1, 0.15) is 0 Å². The van der Waals surface area contributed by atoms with Gasteiger partial charge in [-0.05, 0) is 18.7 Å². The average Bonchev–Trinajstić information content (AvgIpc) is 2.07. The van der Waals surface area contributed by atoms with Gasteiger partial charge in [-0.25, -0.2) is 0 Å². The molecule has 0 aliphatic rings. The topological polar surface area (TPSA) is 12.0 Å². The molecule has 1 aromatic rings. The Morgan fingerprint density at radius 1 is 1.27 bits per heavy atom. The highest BCUT2D eigenvalue weighted by Crippen LogP contribution is 1.96. The standard InChI is InChI=1S/C10H13N/c1-2-8-11-9-10-6-4-3-5-7-10/h2-8,11H,9H2,1H3. The minimum absolute atomic E-state index is 0.908. The van der Waals surface area contributed by atoms with E-state index in [1.807, 2.05) is 37.4 Å². The minimum Gasteiger partial charge on any atom is -0.387 e. The number of nitrogens with one attached hydrogen (secondary N) is 1. The molecule has 0 amide bonds. The molecule has 0 bridgehead atoms. The molecule has 0 heterocycles. The van der Waals surface area contributed by atoms with Crippen molar-refractivity contribution in [1.29, 1.82) is 0 Å². The predicted octanol–water partition coefficient (Wildman–Crippen LogP) is 2.31. The second-order valence-electron chi connectivity index (χ2n) is 2.37. The molecule has 0 radical (unpaired) electrons. The van der Waals surface area contributed by atoms with E-state index in [-0.39, 0.29) is 0 Å². The lowest BCUT2D eigenvalue weighted by Crippen LogP contribution is -2.03. The Morgan fingerprint density at radius 2 is 2.00 bits per heavy atom. The van der Waals surface area contributed by atoms with Crippen molar-refractivity contribution in [2.24, 2.45) is 0 Å². The van der Waals surface area contributed by atoms with Crippen molar-refractivity contribution >= 4 is 0 Å². The van der Waals surface area contributed by atoms with Gasteiger partial charge in [-0.15, -0.1) is 0 Å². The molecule has 0 atom stereocenters. The van der Waals surface area contributed by atoms with E-state index in [1.165, 1.54) is 5.56 Å². The van der Waals surface area contributed by atoms with Gasteiger partial charge in [-0.3, -0.25) is 0 Å². The van der Waals surface area contributed by atoms with Crippen molar-refractivity contribution < 1.29 is 0 Å². The first-order chi connectivity index (χ1) is 5.43. The highest BCUT2D eigenvalue weighted by Gasteiger charge is 1.84. The summed E-state index contributed by atoms with van der Waals surface area (Å²) in [6, 6.07) is 10.3. The van der Waals surface area contributed by atoms with E-state index in [0.29, 0.717) is 0 Å². The summed E-state index contributed by atoms with van der Waals surface area (Å²) in [4.78, 5) is 0. The van der Waals surface area contributed by atoms with Crippen LogP contribution in [-0.2, 0) is 6.54 Å². The third-order valence-corrected chi connectivity index (χ3v) is 1.43. The first-order valence-corrected chi connectivity index (χ1v) is 3.82. The van der Waals surface area contributed by atoms with Crippen LogP contribution in [0.3, 0.4) is 0 Å². The molecule has 0 aromatic heterocycles. The van der Waals surface area contributed by atoms with Crippen LogP contribution < -0.4 is 5.32 Å². The molecule has 0 unspecified atom stereocenters. The van der Waals surface area contributed by atoms with Crippen LogP contribution in [0.5, 0.6) is 0 Å². The predicted molar refractivity (Wildman–Crippen MR) is 48.1 cm³/mol. The Morgan fingerprint density at radius 3 is 2.64 bits per heavy atom. The van der Waals surface area contributed by atoms with Gasteiger partial charge in [0.2, 0.25) is 0 Å². The molecule has 0 spiro atoms. The van der Waals surface area contributed by atoms with Gasteiger partial charge in [0.15, 0.2) is 0 Å². The fourth-order valence-corrected chi connectivity index (χ4v) is 0.890. The maximum atomic E-state index is 3.17. The Hall–Kier alpha value is -1.24. The van der Waals surface area contributed by atoms with Crippen LogP contribution in [0.25, 0.3) is 0 Å². The molecule has 58 valence electrons. The number of hydrogen-bond donors (Lipinski definition) is 1. The van der Waals surface area contributed by atoms with Crippen molar-refractivity contribution in [3.63, 3.8) is 0 Å². The fourth-order valence-electron chi connectivity index (χ4n) is 0.890. The van der Waals surface area contributed by atoms with E-state index in [2.05, 4.69) is 17.4 Å². The van der Waals surface area contributed by atoms with Gasteiger partial charge in [0.05, 0.1) is 0 Å². The zero-order valence-corrected chi connectivity index (χ0v) is 6.75. The smallest absolute Gasteiger partial charge is 0.0395 e. The zero-order chi connectivity index (χ0) is 7.94. The molecule has 0 fully saturated rings. The van der Waals surface area contributed by atoms with Gasteiger partial charge in [0, 0.05) is 6.54 Å². The summed E-state index contributed by atoms with van der Waals surface area (Å²) < 4.78 is 0. The summed E-state index contributed by atoms with van der Waals surface area (Å²) >= 11 is 0. The summed E-state index contributed by atoms with van der Waals surface area (Å²) in [5.41, 5.74) is 1.31. The number of hydrogen-bond acceptors (Lipinski definition) is 1. The molecule has 1 N–H and O–H groups in total. The fraction of sp³-hybridized carbons (Fsp3) is 0.200. The molecular formula is C10H13N. The lowest BCUT2D eigenvalue weighted by Gasteiger charge is -1.98. The van der Waals surface area contributed by atoms with Gasteiger partial charge in [-0.1, -0.05) is 36.4 Å². The molecule has 1 heteroatoms. The largest absolute Gasteiger partial charge is 0.387 e. The molecule has 0 saturated heterocycles. The maximum absolute atomic E-state index is 3.17. The van der Waals surface area contributed by atoms with Crippen LogP contribution in [0.15, 0.2) is 42.6 Å². The lowest BCUT2D eigenvalue weighted by atomic mass is 10.2. The van der Waals surface area contributed by atoms with E-state index in [0.717, 1.165) is 6.54 Å². The number of benzene rings is 1. The van der Waals surface area contributed by atoms with E-state index in [4.69, 9.17) is 0 Å². The van der Waals surface area contributed by atoms with Gasteiger partial charge >= 0.3 is 0 Å². The summed E-state index contributed by atoms with van der Waals surface area (Å²) in [6.45, 7) is 2.91. The van der Waals surface area contributed by atoms with Crippen molar-refractivity contribution in [1.82, 2.24) is 5.32 Å². The number of rotatable bonds is 3. The van der Waals surface area contributed by atoms with Crippen LogP contribution in [0.1, 0.15) is 12.5 Å². The monoisotopic (exact) mass is 147 g/mol. The zero-order valence-electron chi connectivity index (χ0n) is 6.75. The van der Waals surface area contributed by atoms with Crippen molar-refractivity contribution in [3.8, 4) is 0 Å². The molecule has 11 heavy (non-hydrogen) atoms. The second kappa shape index (κ2) is 4.56. The lowest BCUT2D eigenvalue weighted by molar-refractivity contribution is 0.868. The van der Waals surface area contributed by atoms with Crippen LogP contribution in [0.2, 0.25) is 0 Å². The molecule has 0 aliphatic heterocycles. The summed E-state index contributed by atoms with van der Waals surface area (Å²) in [5.74, 6) is 0. The summed E-state index contributed by atoms with van der Waals surface area (Å²) in [7, 11) is 0. The van der Waals surface area contributed by atoms with Crippen molar-refractivity contribution in [2.45, 2.75) is 13.5 Å². The summed E-state index contributed by atoms with van der Waals surface area (Å²) in [6.07, 6.45) is 3.94. The van der Waals surface area contributed by atoms with E-state index >= 15 is 0 Å². The van der Waals surface area contributed by atoms with Crippen LogP contribution >= 0.6 is 0 Å². The van der Waals surface area contributed by atoms with Crippen LogP contribution in [0.4, 0.5) is 0 Å². The van der Waals surface area contributed by atoms with E-state index in [9.17, 15) is 0 Å². The summed E-state index contributed by atoms with van der Waals surface area (Å²) in [5, 5.41) is 3.17. The van der Waals surface area contributed by atoms with Crippen molar-refractivity contribution in [2.75, 3.05) is 0 Å². The Kier molecular flexibility index (Phi) is 3.26. The first kappa shape index (κ1) is 7.86. The minimum atomic E-state index is 0.908. The molecule has 1 nitrogen and oxygen atoms in total. The van der Waals surface area contributed by atoms with Gasteiger partial charge < -0.3 is 5.32 Å². The third-order valence-electron chi connectivity index (χ3n) is 1.43. The normalized spacial score (nSPS) is 10.3. The Bertz CT molecular complexity index is 214. The third kappa shape index (κ3) is 2.89. The van der Waals surface area contributed by atoms with Crippen LogP contribution in [-0.4, -0.2) is 0 Å². The molecule has 1 aromatic carbocycles. The molecule has 0 aliphatic carbocycles. The SMILES string of the molecule is CC=CNCc1ccccc1. The van der Waals surface area contributed by atoms with Gasteiger partial charge in [-0.2, -0.15) is 0 Å². The van der Waals surface area contributed by atoms with E-state index < -0.39 is 0 Å². The Labute approximate surface area is 67.8 Å². The molecule has 1 rings (SSSR count). The van der Waals surface area contributed by atoms with Crippen molar-refractivity contribution in [3.05, 3.63) is 48.2 Å². The molecule has 0 saturated carbocycles. The Balaban J connectivity index is 2.39. The number of allylic oxidation sites excluding steroid dienone is 1. The highest BCUT2D eigenvalue weighted by molar-refractivity contribution is 5.14. The second-order valence-corrected chi connectivity index (χ2v) is 2.37. The van der Waals surface area contributed by atoms with E-state index in [1.54, 1.807) is 0 Å². The van der Waals surface area contributed by atoms with Crippen LogP contribution in [0, 0.1) is 0 Å². The molecular weight excluding hydrogens is 134 g/mol. The first-order valence-electron chi connectivity index (χ1n) is 3.82. The average molecular weight is 147 g/mol. The van der Waals surface area contributed by atoms with Gasteiger partial charge in [0.25, 0.3) is 0 Å². The highest BCUT2D eigenvalue weighted by atomic mass is 14.8. The maximum Gasteiger partial charge on any atom is 0.0395 e. The quantitative estimate of drug-likeness (QED) is 0.691.